The Morgan fingerprint density at radius 2 is 1.94 bits per heavy atom. The summed E-state index contributed by atoms with van der Waals surface area (Å²) in [6.45, 7) is 8.84. The molecule has 0 aliphatic rings. The molecule has 2 nitrogen and oxygen atoms in total. The molecule has 0 bridgehead atoms. The van der Waals surface area contributed by atoms with Crippen molar-refractivity contribution in [2.45, 2.75) is 46.0 Å². The van der Waals surface area contributed by atoms with Crippen LogP contribution in [0.25, 0.3) is 10.9 Å². The molecule has 0 fully saturated rings. The maximum absolute atomic E-state index is 6.38. The van der Waals surface area contributed by atoms with Crippen molar-refractivity contribution < 1.29 is 0 Å². The monoisotopic (exact) mass is 264 g/mol. The summed E-state index contributed by atoms with van der Waals surface area (Å²) in [7, 11) is 2.01. The SMILES string of the molecule is CCCc1nn(C)c2c(C(C)(C)C)ccc(Cl)c12. The van der Waals surface area contributed by atoms with Gasteiger partial charge in [0.15, 0.2) is 0 Å². The first-order valence-electron chi connectivity index (χ1n) is 6.50. The van der Waals surface area contributed by atoms with Crippen LogP contribution >= 0.6 is 11.6 Å². The third-order valence-corrected chi connectivity index (χ3v) is 3.62. The van der Waals surface area contributed by atoms with Gasteiger partial charge >= 0.3 is 0 Å². The smallest absolute Gasteiger partial charge is 0.0734 e. The molecule has 0 spiro atoms. The van der Waals surface area contributed by atoms with E-state index in [1.54, 1.807) is 0 Å². The highest BCUT2D eigenvalue weighted by Gasteiger charge is 2.22. The van der Waals surface area contributed by atoms with Crippen molar-refractivity contribution in [3.05, 3.63) is 28.4 Å². The maximum Gasteiger partial charge on any atom is 0.0734 e. The molecule has 98 valence electrons. The summed E-state index contributed by atoms with van der Waals surface area (Å²) in [5, 5.41) is 6.59. The Labute approximate surface area is 114 Å². The lowest BCUT2D eigenvalue weighted by molar-refractivity contribution is 0.590. The Hall–Kier alpha value is -1.02. The van der Waals surface area contributed by atoms with E-state index in [-0.39, 0.29) is 5.41 Å². The molecule has 1 aromatic heterocycles. The topological polar surface area (TPSA) is 17.8 Å². The summed E-state index contributed by atoms with van der Waals surface area (Å²) in [4.78, 5) is 0. The molecule has 0 saturated heterocycles. The van der Waals surface area contributed by atoms with Crippen LogP contribution in [0.5, 0.6) is 0 Å². The van der Waals surface area contributed by atoms with E-state index < -0.39 is 0 Å². The van der Waals surface area contributed by atoms with Gasteiger partial charge in [-0.2, -0.15) is 5.10 Å². The average molecular weight is 265 g/mol. The first-order chi connectivity index (χ1) is 8.36. The summed E-state index contributed by atoms with van der Waals surface area (Å²) < 4.78 is 1.98. The molecular weight excluding hydrogens is 244 g/mol. The number of aryl methyl sites for hydroxylation is 2. The number of halogens is 1. The van der Waals surface area contributed by atoms with E-state index in [1.807, 2.05) is 17.8 Å². The highest BCUT2D eigenvalue weighted by atomic mass is 35.5. The first-order valence-corrected chi connectivity index (χ1v) is 6.88. The minimum atomic E-state index is 0.0973. The lowest BCUT2D eigenvalue weighted by Crippen LogP contribution is -2.13. The fourth-order valence-electron chi connectivity index (χ4n) is 2.48. The van der Waals surface area contributed by atoms with Gasteiger partial charge in [-0.15, -0.1) is 0 Å². The van der Waals surface area contributed by atoms with Crippen LogP contribution in [-0.4, -0.2) is 9.78 Å². The Balaban J connectivity index is 2.82. The van der Waals surface area contributed by atoms with Crippen LogP contribution in [-0.2, 0) is 18.9 Å². The zero-order valence-electron chi connectivity index (χ0n) is 11.8. The molecular formula is C15H21ClN2. The number of hydrogen-bond donors (Lipinski definition) is 0. The number of aromatic nitrogens is 2. The van der Waals surface area contributed by atoms with Crippen molar-refractivity contribution >= 4 is 22.5 Å². The van der Waals surface area contributed by atoms with Crippen LogP contribution in [0.1, 0.15) is 45.4 Å². The molecule has 1 aromatic carbocycles. The standard InChI is InChI=1S/C15H21ClN2/c1-6-7-12-13-11(16)9-8-10(15(2,3)4)14(13)18(5)17-12/h8-9H,6-7H2,1-5H3. The second-order valence-corrected chi connectivity index (χ2v) is 6.30. The zero-order valence-corrected chi connectivity index (χ0v) is 12.6. The summed E-state index contributed by atoms with van der Waals surface area (Å²) in [5.74, 6) is 0. The maximum atomic E-state index is 6.38. The number of hydrogen-bond acceptors (Lipinski definition) is 1. The van der Waals surface area contributed by atoms with Gasteiger partial charge < -0.3 is 0 Å². The van der Waals surface area contributed by atoms with E-state index in [0.717, 1.165) is 28.9 Å². The van der Waals surface area contributed by atoms with E-state index in [2.05, 4.69) is 38.9 Å². The number of benzene rings is 1. The molecule has 1 heterocycles. The highest BCUT2D eigenvalue weighted by molar-refractivity contribution is 6.35. The Morgan fingerprint density at radius 1 is 1.28 bits per heavy atom. The summed E-state index contributed by atoms with van der Waals surface area (Å²) >= 11 is 6.38. The zero-order chi connectivity index (χ0) is 13.5. The van der Waals surface area contributed by atoms with Gasteiger partial charge in [-0.25, -0.2) is 0 Å². The molecule has 0 radical (unpaired) electrons. The minimum Gasteiger partial charge on any atom is -0.267 e. The summed E-state index contributed by atoms with van der Waals surface area (Å²) in [5.41, 5.74) is 3.70. The second-order valence-electron chi connectivity index (χ2n) is 5.89. The van der Waals surface area contributed by atoms with E-state index in [9.17, 15) is 0 Å². The first kappa shape index (κ1) is 13.4. The third-order valence-electron chi connectivity index (χ3n) is 3.30. The van der Waals surface area contributed by atoms with Crippen LogP contribution < -0.4 is 0 Å². The summed E-state index contributed by atoms with van der Waals surface area (Å²) in [6.07, 6.45) is 2.06. The van der Waals surface area contributed by atoms with E-state index >= 15 is 0 Å². The number of fused-ring (bicyclic) bond motifs is 1. The van der Waals surface area contributed by atoms with Gasteiger partial charge in [0.25, 0.3) is 0 Å². The Bertz CT molecular complexity index is 576. The van der Waals surface area contributed by atoms with Crippen molar-refractivity contribution in [1.82, 2.24) is 9.78 Å². The molecule has 0 unspecified atom stereocenters. The molecule has 0 atom stereocenters. The normalized spacial score (nSPS) is 12.3. The molecule has 18 heavy (non-hydrogen) atoms. The Morgan fingerprint density at radius 3 is 2.50 bits per heavy atom. The third kappa shape index (κ3) is 2.14. The molecule has 2 aromatic rings. The predicted molar refractivity (Wildman–Crippen MR) is 78.4 cm³/mol. The lowest BCUT2D eigenvalue weighted by atomic mass is 9.85. The number of nitrogens with zero attached hydrogens (tertiary/aromatic N) is 2. The molecule has 0 aliphatic carbocycles. The van der Waals surface area contributed by atoms with Crippen molar-refractivity contribution in [3.8, 4) is 0 Å². The van der Waals surface area contributed by atoms with Crippen LogP contribution in [0.3, 0.4) is 0 Å². The van der Waals surface area contributed by atoms with Gasteiger partial charge in [0, 0.05) is 12.4 Å². The van der Waals surface area contributed by atoms with E-state index in [4.69, 9.17) is 11.6 Å². The molecule has 0 saturated carbocycles. The largest absolute Gasteiger partial charge is 0.267 e. The average Bonchev–Trinajstić information content (AvgIpc) is 2.56. The second kappa shape index (κ2) is 4.58. The fourth-order valence-corrected chi connectivity index (χ4v) is 2.74. The van der Waals surface area contributed by atoms with Gasteiger partial charge in [0.05, 0.1) is 16.2 Å². The van der Waals surface area contributed by atoms with Gasteiger partial charge in [0.1, 0.15) is 0 Å². The number of rotatable bonds is 2. The van der Waals surface area contributed by atoms with Crippen LogP contribution in [0.4, 0.5) is 0 Å². The van der Waals surface area contributed by atoms with Gasteiger partial charge in [0.2, 0.25) is 0 Å². The van der Waals surface area contributed by atoms with Crippen molar-refractivity contribution in [1.29, 1.82) is 0 Å². The molecule has 2 rings (SSSR count). The molecule has 0 N–H and O–H groups in total. The molecule has 0 aliphatic heterocycles. The van der Waals surface area contributed by atoms with Gasteiger partial charge in [-0.05, 0) is 23.5 Å². The predicted octanol–water partition coefficient (Wildman–Crippen LogP) is 4.48. The van der Waals surface area contributed by atoms with Crippen molar-refractivity contribution in [2.24, 2.45) is 7.05 Å². The lowest BCUT2D eigenvalue weighted by Gasteiger charge is -2.21. The van der Waals surface area contributed by atoms with Crippen LogP contribution in [0.15, 0.2) is 12.1 Å². The Kier molecular flexibility index (Phi) is 3.41. The highest BCUT2D eigenvalue weighted by Crippen LogP contribution is 2.35. The molecule has 0 amide bonds. The van der Waals surface area contributed by atoms with Crippen LogP contribution in [0.2, 0.25) is 5.02 Å². The van der Waals surface area contributed by atoms with Crippen molar-refractivity contribution in [3.63, 3.8) is 0 Å². The minimum absolute atomic E-state index is 0.0973. The summed E-state index contributed by atoms with van der Waals surface area (Å²) in [6, 6.07) is 4.13. The van der Waals surface area contributed by atoms with Gasteiger partial charge in [-0.3, -0.25) is 4.68 Å². The van der Waals surface area contributed by atoms with Gasteiger partial charge in [-0.1, -0.05) is 51.8 Å². The van der Waals surface area contributed by atoms with Crippen LogP contribution in [0, 0.1) is 0 Å². The fraction of sp³-hybridized carbons (Fsp3) is 0.533. The quantitative estimate of drug-likeness (QED) is 0.782. The van der Waals surface area contributed by atoms with E-state index in [0.29, 0.717) is 0 Å². The van der Waals surface area contributed by atoms with E-state index in [1.165, 1.54) is 11.1 Å². The van der Waals surface area contributed by atoms with Crippen molar-refractivity contribution in [2.75, 3.05) is 0 Å². The molecule has 3 heteroatoms.